The van der Waals surface area contributed by atoms with Gasteiger partial charge in [0.15, 0.2) is 5.76 Å². The van der Waals surface area contributed by atoms with Crippen molar-refractivity contribution in [3.8, 4) is 0 Å². The lowest BCUT2D eigenvalue weighted by molar-refractivity contribution is 0.358. The van der Waals surface area contributed by atoms with Gasteiger partial charge in [-0.1, -0.05) is 23.4 Å². The molecule has 2 rings (SSSR count). The molecule has 2 aromatic rings. The number of rotatable bonds is 6. The lowest BCUT2D eigenvalue weighted by atomic mass is 10.1. The molecule has 0 aliphatic heterocycles. The fourth-order valence-corrected chi connectivity index (χ4v) is 2.58. The third-order valence-electron chi connectivity index (χ3n) is 2.88. The standard InChI is InChI=1S/C13H15FIN5O/c1-2-9-6-10(21-19-9)7-17-13(18-20-16)11-4-3-8(14)5-12(11)15/h3-6,13,17H,2,7H2,1H3,(H2,16,18). The van der Waals surface area contributed by atoms with Crippen molar-refractivity contribution in [3.63, 3.8) is 0 Å². The van der Waals surface area contributed by atoms with Crippen LogP contribution in [0.5, 0.6) is 0 Å². The SMILES string of the molecule is CCc1cc(CNC(N=NN)c2ccc(F)cc2I)on1. The van der Waals surface area contributed by atoms with Gasteiger partial charge in [0.2, 0.25) is 0 Å². The first-order chi connectivity index (χ1) is 10.1. The molecule has 0 saturated carbocycles. The van der Waals surface area contributed by atoms with Gasteiger partial charge < -0.3 is 10.4 Å². The van der Waals surface area contributed by atoms with Crippen molar-refractivity contribution in [2.75, 3.05) is 0 Å². The van der Waals surface area contributed by atoms with Crippen LogP contribution in [-0.4, -0.2) is 5.16 Å². The van der Waals surface area contributed by atoms with Gasteiger partial charge >= 0.3 is 0 Å². The molecule has 0 radical (unpaired) electrons. The van der Waals surface area contributed by atoms with E-state index in [0.717, 1.165) is 21.2 Å². The topological polar surface area (TPSA) is 88.8 Å². The Bertz CT molecular complexity index is 631. The van der Waals surface area contributed by atoms with Crippen molar-refractivity contribution in [1.29, 1.82) is 0 Å². The van der Waals surface area contributed by atoms with Gasteiger partial charge in [-0.2, -0.15) is 0 Å². The van der Waals surface area contributed by atoms with Crippen LogP contribution in [0.3, 0.4) is 0 Å². The maximum absolute atomic E-state index is 13.2. The van der Waals surface area contributed by atoms with E-state index in [2.05, 4.69) is 20.8 Å². The lowest BCUT2D eigenvalue weighted by Gasteiger charge is -2.14. The minimum Gasteiger partial charge on any atom is -0.360 e. The Hall–Kier alpha value is -1.55. The maximum Gasteiger partial charge on any atom is 0.150 e. The number of nitrogens with zero attached hydrogens (tertiary/aromatic N) is 3. The number of nitrogens with two attached hydrogens (primary N) is 1. The molecule has 0 aliphatic carbocycles. The van der Waals surface area contributed by atoms with Crippen LogP contribution in [0, 0.1) is 9.39 Å². The van der Waals surface area contributed by atoms with E-state index in [9.17, 15) is 4.39 Å². The molecule has 0 spiro atoms. The van der Waals surface area contributed by atoms with E-state index in [1.165, 1.54) is 12.1 Å². The summed E-state index contributed by atoms with van der Waals surface area (Å²) in [4.78, 5) is 0. The van der Waals surface area contributed by atoms with E-state index in [4.69, 9.17) is 10.4 Å². The summed E-state index contributed by atoms with van der Waals surface area (Å²) in [6.45, 7) is 2.42. The van der Waals surface area contributed by atoms with Gasteiger partial charge in [0.25, 0.3) is 0 Å². The van der Waals surface area contributed by atoms with Crippen LogP contribution in [-0.2, 0) is 13.0 Å². The summed E-state index contributed by atoms with van der Waals surface area (Å²) in [5, 5.41) is 14.3. The minimum atomic E-state index is -0.474. The average Bonchev–Trinajstić information content (AvgIpc) is 2.92. The quantitative estimate of drug-likeness (QED) is 0.336. The monoisotopic (exact) mass is 403 g/mol. The Morgan fingerprint density at radius 3 is 2.90 bits per heavy atom. The number of nitrogens with one attached hydrogen (secondary N) is 1. The molecular formula is C13H15FIN5O. The third kappa shape index (κ3) is 4.21. The Kier molecular flexibility index (Phi) is 5.62. The summed E-state index contributed by atoms with van der Waals surface area (Å²) < 4.78 is 19.1. The van der Waals surface area contributed by atoms with Crippen molar-refractivity contribution in [3.05, 3.63) is 50.7 Å². The number of aromatic nitrogens is 1. The first-order valence-corrected chi connectivity index (χ1v) is 7.44. The number of hydrogen-bond acceptors (Lipinski definition) is 5. The van der Waals surface area contributed by atoms with Crippen LogP contribution in [0.2, 0.25) is 0 Å². The molecule has 8 heteroatoms. The predicted molar refractivity (Wildman–Crippen MR) is 83.6 cm³/mol. The summed E-state index contributed by atoms with van der Waals surface area (Å²) in [7, 11) is 0. The zero-order valence-corrected chi connectivity index (χ0v) is 13.5. The summed E-state index contributed by atoms with van der Waals surface area (Å²) in [6.07, 6.45) is 0.336. The van der Waals surface area contributed by atoms with Gasteiger partial charge in [0, 0.05) is 15.2 Å². The number of hydrogen-bond donors (Lipinski definition) is 2. The molecule has 1 unspecified atom stereocenters. The number of aryl methyl sites for hydroxylation is 1. The van der Waals surface area contributed by atoms with E-state index in [0.29, 0.717) is 12.3 Å². The third-order valence-corrected chi connectivity index (χ3v) is 3.81. The molecule has 1 aromatic carbocycles. The molecule has 0 amide bonds. The van der Waals surface area contributed by atoms with Gasteiger partial charge in [-0.15, -0.1) is 5.11 Å². The lowest BCUT2D eigenvalue weighted by Crippen LogP contribution is -2.20. The Morgan fingerprint density at radius 2 is 2.29 bits per heavy atom. The van der Waals surface area contributed by atoms with Gasteiger partial charge in [0.1, 0.15) is 12.0 Å². The second kappa shape index (κ2) is 7.46. The van der Waals surface area contributed by atoms with Crippen LogP contribution in [0.4, 0.5) is 4.39 Å². The van der Waals surface area contributed by atoms with Crippen molar-refractivity contribution in [1.82, 2.24) is 10.5 Å². The first-order valence-electron chi connectivity index (χ1n) is 6.37. The van der Waals surface area contributed by atoms with E-state index < -0.39 is 6.17 Å². The fourth-order valence-electron chi connectivity index (χ4n) is 1.81. The summed E-state index contributed by atoms with van der Waals surface area (Å²) in [5.74, 6) is 5.55. The van der Waals surface area contributed by atoms with Crippen LogP contribution in [0.15, 0.2) is 39.1 Å². The first kappa shape index (κ1) is 15.8. The molecule has 1 atom stereocenters. The molecule has 112 valence electrons. The van der Waals surface area contributed by atoms with Crippen molar-refractivity contribution in [2.24, 2.45) is 16.2 Å². The molecule has 1 aromatic heterocycles. The molecule has 0 saturated heterocycles. The summed E-state index contributed by atoms with van der Waals surface area (Å²) in [6, 6.07) is 6.34. The van der Waals surface area contributed by atoms with Gasteiger partial charge in [-0.3, -0.25) is 5.32 Å². The molecule has 1 heterocycles. The number of benzene rings is 1. The van der Waals surface area contributed by atoms with Crippen molar-refractivity contribution in [2.45, 2.75) is 26.1 Å². The highest BCUT2D eigenvalue weighted by Crippen LogP contribution is 2.23. The highest BCUT2D eigenvalue weighted by molar-refractivity contribution is 14.1. The molecule has 6 nitrogen and oxygen atoms in total. The van der Waals surface area contributed by atoms with E-state index >= 15 is 0 Å². The Balaban J connectivity index is 2.11. The predicted octanol–water partition coefficient (Wildman–Crippen LogP) is 3.10. The van der Waals surface area contributed by atoms with Crippen LogP contribution in [0.1, 0.15) is 30.1 Å². The van der Waals surface area contributed by atoms with Gasteiger partial charge in [0.05, 0.1) is 12.2 Å². The summed E-state index contributed by atoms with van der Waals surface area (Å²) >= 11 is 2.05. The van der Waals surface area contributed by atoms with Crippen LogP contribution >= 0.6 is 22.6 Å². The Morgan fingerprint density at radius 1 is 1.48 bits per heavy atom. The highest BCUT2D eigenvalue weighted by atomic mass is 127. The maximum atomic E-state index is 13.2. The largest absolute Gasteiger partial charge is 0.360 e. The Labute approximate surface area is 135 Å². The normalized spacial score (nSPS) is 12.9. The molecule has 0 bridgehead atoms. The fraction of sp³-hybridized carbons (Fsp3) is 0.308. The van der Waals surface area contributed by atoms with Crippen molar-refractivity contribution >= 4 is 22.6 Å². The molecule has 3 N–H and O–H groups in total. The molecule has 0 fully saturated rings. The van der Waals surface area contributed by atoms with Gasteiger partial charge in [-0.05, 0) is 41.1 Å². The second-order valence-corrected chi connectivity index (χ2v) is 5.48. The highest BCUT2D eigenvalue weighted by Gasteiger charge is 2.15. The van der Waals surface area contributed by atoms with E-state index in [-0.39, 0.29) is 5.82 Å². The smallest absolute Gasteiger partial charge is 0.150 e. The van der Waals surface area contributed by atoms with Crippen molar-refractivity contribution < 1.29 is 8.91 Å². The number of halogens is 2. The van der Waals surface area contributed by atoms with Crippen LogP contribution < -0.4 is 11.2 Å². The second-order valence-electron chi connectivity index (χ2n) is 4.32. The zero-order chi connectivity index (χ0) is 15.2. The van der Waals surface area contributed by atoms with E-state index in [1.54, 1.807) is 6.07 Å². The van der Waals surface area contributed by atoms with Gasteiger partial charge in [-0.25, -0.2) is 4.39 Å². The van der Waals surface area contributed by atoms with Crippen LogP contribution in [0.25, 0.3) is 0 Å². The average molecular weight is 403 g/mol. The van der Waals surface area contributed by atoms with E-state index in [1.807, 2.05) is 35.6 Å². The minimum absolute atomic E-state index is 0.297. The summed E-state index contributed by atoms with van der Waals surface area (Å²) in [5.41, 5.74) is 1.68. The molecule has 21 heavy (non-hydrogen) atoms. The zero-order valence-electron chi connectivity index (χ0n) is 11.4. The molecular weight excluding hydrogens is 388 g/mol. The molecule has 0 aliphatic rings.